The van der Waals surface area contributed by atoms with E-state index in [4.69, 9.17) is 14.2 Å². The first-order chi connectivity index (χ1) is 14.4. The van der Waals surface area contributed by atoms with Crippen LogP contribution >= 0.6 is 0 Å². The van der Waals surface area contributed by atoms with Crippen LogP contribution in [0, 0.1) is 11.8 Å². The van der Waals surface area contributed by atoms with E-state index >= 15 is 0 Å². The third kappa shape index (κ3) is 3.59. The normalized spacial score (nSPS) is 24.3. The number of esters is 1. The first-order valence-corrected chi connectivity index (χ1v) is 10.1. The second-order valence-electron chi connectivity index (χ2n) is 7.86. The number of carbonyl (C=O) groups is 4. The van der Waals surface area contributed by atoms with Gasteiger partial charge in [-0.1, -0.05) is 12.8 Å². The van der Waals surface area contributed by atoms with Gasteiger partial charge < -0.3 is 19.5 Å². The zero-order chi connectivity index (χ0) is 21.4. The van der Waals surface area contributed by atoms with Gasteiger partial charge in [-0.25, -0.2) is 4.79 Å². The summed E-state index contributed by atoms with van der Waals surface area (Å²) in [6.07, 6.45) is 2.04. The molecule has 3 aliphatic rings. The number of likely N-dealkylation sites (tertiary alicyclic amines) is 1. The fraction of sp³-hybridized carbons (Fsp3) is 0.524. The van der Waals surface area contributed by atoms with Crippen molar-refractivity contribution < 1.29 is 33.4 Å². The molecule has 0 unspecified atom stereocenters. The van der Waals surface area contributed by atoms with Crippen molar-refractivity contribution in [3.8, 4) is 11.5 Å². The van der Waals surface area contributed by atoms with Crippen molar-refractivity contribution in [1.82, 2.24) is 4.90 Å². The fourth-order valence-electron chi connectivity index (χ4n) is 4.22. The molecule has 2 fully saturated rings. The minimum atomic E-state index is -1.11. The van der Waals surface area contributed by atoms with Crippen LogP contribution in [0.3, 0.4) is 0 Å². The summed E-state index contributed by atoms with van der Waals surface area (Å²) in [4.78, 5) is 51.3. The Balaban J connectivity index is 1.36. The van der Waals surface area contributed by atoms with E-state index in [1.807, 2.05) is 0 Å². The van der Waals surface area contributed by atoms with Crippen LogP contribution in [0.25, 0.3) is 0 Å². The zero-order valence-corrected chi connectivity index (χ0v) is 16.9. The first-order valence-electron chi connectivity index (χ1n) is 10.1. The number of amides is 3. The molecule has 9 nitrogen and oxygen atoms in total. The van der Waals surface area contributed by atoms with Crippen molar-refractivity contribution >= 4 is 29.4 Å². The number of imide groups is 1. The van der Waals surface area contributed by atoms with Gasteiger partial charge in [0.15, 0.2) is 17.6 Å². The van der Waals surface area contributed by atoms with E-state index in [1.165, 1.54) is 13.8 Å². The number of nitrogens with zero attached hydrogens (tertiary/aromatic N) is 1. The lowest BCUT2D eigenvalue weighted by Gasteiger charge is -2.23. The third-order valence-corrected chi connectivity index (χ3v) is 5.91. The maximum absolute atomic E-state index is 12.6. The van der Waals surface area contributed by atoms with Crippen LogP contribution in [-0.4, -0.2) is 47.5 Å². The van der Waals surface area contributed by atoms with Crippen molar-refractivity contribution in [3.63, 3.8) is 0 Å². The van der Waals surface area contributed by atoms with E-state index in [2.05, 4.69) is 5.32 Å². The molecule has 4 rings (SSSR count). The van der Waals surface area contributed by atoms with Crippen molar-refractivity contribution in [2.24, 2.45) is 11.8 Å². The van der Waals surface area contributed by atoms with Gasteiger partial charge in [-0.3, -0.25) is 19.3 Å². The predicted molar refractivity (Wildman–Crippen MR) is 104 cm³/mol. The predicted octanol–water partition coefficient (Wildman–Crippen LogP) is 1.85. The molecule has 3 amide bonds. The Morgan fingerprint density at radius 2 is 1.70 bits per heavy atom. The molecule has 0 spiro atoms. The second kappa shape index (κ2) is 7.97. The molecule has 0 radical (unpaired) electrons. The number of anilines is 1. The Bertz CT molecular complexity index is 875. The number of fused-ring (bicyclic) bond motifs is 2. The second-order valence-corrected chi connectivity index (χ2v) is 7.86. The molecule has 0 bridgehead atoms. The lowest BCUT2D eigenvalue weighted by Crippen LogP contribution is -2.46. The van der Waals surface area contributed by atoms with Gasteiger partial charge in [0.1, 0.15) is 6.04 Å². The fourth-order valence-corrected chi connectivity index (χ4v) is 4.22. The summed E-state index contributed by atoms with van der Waals surface area (Å²) in [5, 5.41) is 2.64. The number of rotatable bonds is 5. The molecule has 0 aromatic heterocycles. The van der Waals surface area contributed by atoms with Gasteiger partial charge in [0.2, 0.25) is 18.6 Å². The standard InChI is InChI=1S/C21H24N2O7/c1-11(23-19(25)14-5-3-4-6-15(14)20(23)26)21(27)30-12(2)18(24)22-13-7-8-16-17(9-13)29-10-28-16/h7-9,11-12,14-15H,3-6,10H2,1-2H3,(H,22,24)/t11-,12+,14-,15+/m0/s1. The molecule has 1 N–H and O–H groups in total. The van der Waals surface area contributed by atoms with Crippen molar-refractivity contribution in [3.05, 3.63) is 18.2 Å². The Morgan fingerprint density at radius 1 is 1.07 bits per heavy atom. The van der Waals surface area contributed by atoms with Crippen LogP contribution in [0.2, 0.25) is 0 Å². The monoisotopic (exact) mass is 416 g/mol. The highest BCUT2D eigenvalue weighted by Crippen LogP contribution is 2.39. The number of hydrogen-bond acceptors (Lipinski definition) is 7. The van der Waals surface area contributed by atoms with Gasteiger partial charge >= 0.3 is 5.97 Å². The van der Waals surface area contributed by atoms with Gasteiger partial charge in [-0.15, -0.1) is 0 Å². The minimum Gasteiger partial charge on any atom is -0.454 e. The van der Waals surface area contributed by atoms with E-state index in [0.717, 1.165) is 17.7 Å². The minimum absolute atomic E-state index is 0.119. The van der Waals surface area contributed by atoms with E-state index < -0.39 is 24.0 Å². The summed E-state index contributed by atoms with van der Waals surface area (Å²) in [5.74, 6) is -1.54. The van der Waals surface area contributed by atoms with Gasteiger partial charge in [0.25, 0.3) is 5.91 Å². The molecule has 1 saturated heterocycles. The van der Waals surface area contributed by atoms with Gasteiger partial charge in [-0.05, 0) is 38.8 Å². The van der Waals surface area contributed by atoms with E-state index in [1.54, 1.807) is 18.2 Å². The van der Waals surface area contributed by atoms with Gasteiger partial charge in [-0.2, -0.15) is 0 Å². The molecular weight excluding hydrogens is 392 g/mol. The Labute approximate surface area is 173 Å². The molecule has 9 heteroatoms. The van der Waals surface area contributed by atoms with Crippen LogP contribution in [0.5, 0.6) is 11.5 Å². The van der Waals surface area contributed by atoms with Crippen LogP contribution in [-0.2, 0) is 23.9 Å². The Hall–Kier alpha value is -3.10. The third-order valence-electron chi connectivity index (χ3n) is 5.91. The van der Waals surface area contributed by atoms with Gasteiger partial charge in [0, 0.05) is 11.8 Å². The number of hydrogen-bond donors (Lipinski definition) is 1. The SMILES string of the molecule is C[C@@H](OC(=O)[C@H](C)N1C(=O)[C@H]2CCCC[C@H]2C1=O)C(=O)Nc1ccc2c(c1)OCO2. The number of ether oxygens (including phenoxy) is 3. The van der Waals surface area contributed by atoms with E-state index in [9.17, 15) is 19.2 Å². The lowest BCUT2D eigenvalue weighted by atomic mass is 9.81. The van der Waals surface area contributed by atoms with Crippen LogP contribution in [0.1, 0.15) is 39.5 Å². The summed E-state index contributed by atoms with van der Waals surface area (Å²) in [6.45, 7) is 3.01. The molecule has 2 aliphatic heterocycles. The number of nitrogens with one attached hydrogen (secondary N) is 1. The van der Waals surface area contributed by atoms with Crippen LogP contribution < -0.4 is 14.8 Å². The smallest absolute Gasteiger partial charge is 0.329 e. The maximum atomic E-state index is 12.6. The molecule has 160 valence electrons. The summed E-state index contributed by atoms with van der Waals surface area (Å²) in [5.41, 5.74) is 0.467. The van der Waals surface area contributed by atoms with E-state index in [-0.39, 0.29) is 30.4 Å². The highest BCUT2D eigenvalue weighted by atomic mass is 16.7. The number of benzene rings is 1. The molecule has 2 heterocycles. The molecular formula is C21H24N2O7. The number of carbonyl (C=O) groups excluding carboxylic acids is 4. The molecule has 1 aliphatic carbocycles. The Morgan fingerprint density at radius 3 is 2.37 bits per heavy atom. The molecule has 4 atom stereocenters. The lowest BCUT2D eigenvalue weighted by molar-refractivity contribution is -0.163. The molecule has 30 heavy (non-hydrogen) atoms. The van der Waals surface area contributed by atoms with Crippen LogP contribution in [0.15, 0.2) is 18.2 Å². The topological polar surface area (TPSA) is 111 Å². The van der Waals surface area contributed by atoms with Crippen molar-refractivity contribution in [1.29, 1.82) is 0 Å². The van der Waals surface area contributed by atoms with Gasteiger partial charge in [0.05, 0.1) is 11.8 Å². The van der Waals surface area contributed by atoms with E-state index in [0.29, 0.717) is 30.0 Å². The zero-order valence-electron chi connectivity index (χ0n) is 16.9. The summed E-state index contributed by atoms with van der Waals surface area (Å²) >= 11 is 0. The summed E-state index contributed by atoms with van der Waals surface area (Å²) in [6, 6.07) is 3.85. The molecule has 1 aromatic carbocycles. The summed E-state index contributed by atoms with van der Waals surface area (Å²) in [7, 11) is 0. The average Bonchev–Trinajstić information content (AvgIpc) is 3.30. The quantitative estimate of drug-likeness (QED) is 0.576. The maximum Gasteiger partial charge on any atom is 0.329 e. The Kier molecular flexibility index (Phi) is 5.36. The van der Waals surface area contributed by atoms with Crippen molar-refractivity contribution in [2.45, 2.75) is 51.7 Å². The highest BCUT2D eigenvalue weighted by molar-refractivity contribution is 6.08. The summed E-state index contributed by atoms with van der Waals surface area (Å²) < 4.78 is 15.7. The first kappa shape index (κ1) is 20.2. The highest BCUT2D eigenvalue weighted by Gasteiger charge is 2.51. The molecule has 1 aromatic rings. The molecule has 1 saturated carbocycles. The largest absolute Gasteiger partial charge is 0.454 e. The van der Waals surface area contributed by atoms with Crippen molar-refractivity contribution in [2.75, 3.05) is 12.1 Å². The van der Waals surface area contributed by atoms with Crippen LogP contribution in [0.4, 0.5) is 5.69 Å². The average molecular weight is 416 g/mol.